The number of hydrogen-bond donors (Lipinski definition) is 2. The second kappa shape index (κ2) is 6.49. The molecule has 0 spiro atoms. The number of fused-ring (bicyclic) bond motifs is 1. The molecular formula is C19H15N3O5. The third-order valence-corrected chi connectivity index (χ3v) is 4.44. The van der Waals surface area contributed by atoms with Crippen LogP contribution in [0.5, 0.6) is 5.75 Å². The lowest BCUT2D eigenvalue weighted by atomic mass is 10.0. The molecule has 0 radical (unpaired) electrons. The second-order valence-electron chi connectivity index (χ2n) is 6.11. The number of anilines is 1. The maximum absolute atomic E-state index is 13.1. The second-order valence-corrected chi connectivity index (χ2v) is 6.11. The van der Waals surface area contributed by atoms with Crippen LogP contribution in [0.2, 0.25) is 0 Å². The number of carbonyl (C=O) groups is 1. The zero-order chi connectivity index (χ0) is 19.0. The highest BCUT2D eigenvalue weighted by atomic mass is 16.6. The Kier molecular flexibility index (Phi) is 4.00. The van der Waals surface area contributed by atoms with E-state index >= 15 is 0 Å². The average molecular weight is 365 g/mol. The minimum absolute atomic E-state index is 0.187. The van der Waals surface area contributed by atoms with Crippen molar-refractivity contribution in [1.82, 2.24) is 4.90 Å². The molecular weight excluding hydrogens is 350 g/mol. The molecule has 1 aliphatic heterocycles. The molecule has 27 heavy (non-hydrogen) atoms. The molecule has 0 fully saturated rings. The molecule has 0 aliphatic carbocycles. The largest absolute Gasteiger partial charge is 0.502 e. The summed E-state index contributed by atoms with van der Waals surface area (Å²) < 4.78 is 5.37. The van der Waals surface area contributed by atoms with Crippen LogP contribution in [-0.2, 0) is 6.54 Å². The number of furan rings is 1. The minimum Gasteiger partial charge on any atom is -0.502 e. The van der Waals surface area contributed by atoms with Crippen molar-refractivity contribution in [3.8, 4) is 5.75 Å². The predicted octanol–water partition coefficient (Wildman–Crippen LogP) is 3.66. The number of aromatic hydroxyl groups is 1. The number of nitrogens with one attached hydrogen (secondary N) is 1. The molecule has 0 unspecified atom stereocenters. The van der Waals surface area contributed by atoms with Gasteiger partial charge in [0.2, 0.25) is 0 Å². The van der Waals surface area contributed by atoms with Gasteiger partial charge in [-0.3, -0.25) is 14.9 Å². The van der Waals surface area contributed by atoms with Gasteiger partial charge in [-0.25, -0.2) is 0 Å². The molecule has 1 amide bonds. The van der Waals surface area contributed by atoms with Crippen LogP contribution in [0.3, 0.4) is 0 Å². The summed E-state index contributed by atoms with van der Waals surface area (Å²) in [6.45, 7) is 0.187. The Morgan fingerprint density at radius 1 is 1.19 bits per heavy atom. The van der Waals surface area contributed by atoms with Crippen LogP contribution in [0.25, 0.3) is 0 Å². The van der Waals surface area contributed by atoms with Crippen LogP contribution in [0.1, 0.15) is 27.8 Å². The lowest BCUT2D eigenvalue weighted by Crippen LogP contribution is -2.42. The van der Waals surface area contributed by atoms with Crippen molar-refractivity contribution in [2.45, 2.75) is 12.7 Å². The number of nitrogens with zero attached hydrogens (tertiary/aromatic N) is 2. The summed E-state index contributed by atoms with van der Waals surface area (Å²) in [4.78, 5) is 25.1. The van der Waals surface area contributed by atoms with Gasteiger partial charge >= 0.3 is 5.69 Å². The Morgan fingerprint density at radius 3 is 2.74 bits per heavy atom. The molecule has 136 valence electrons. The van der Waals surface area contributed by atoms with Gasteiger partial charge in [0.15, 0.2) is 5.75 Å². The first-order valence-electron chi connectivity index (χ1n) is 8.21. The normalized spacial score (nSPS) is 15.9. The molecule has 2 N–H and O–H groups in total. The van der Waals surface area contributed by atoms with E-state index in [2.05, 4.69) is 5.32 Å². The smallest absolute Gasteiger partial charge is 0.311 e. The summed E-state index contributed by atoms with van der Waals surface area (Å²) >= 11 is 0. The Balaban J connectivity index is 1.79. The lowest BCUT2D eigenvalue weighted by Gasteiger charge is -2.37. The molecule has 2 aromatic carbocycles. The molecule has 0 saturated heterocycles. The number of rotatable bonds is 4. The first-order valence-corrected chi connectivity index (χ1v) is 8.21. The van der Waals surface area contributed by atoms with Gasteiger partial charge in [0, 0.05) is 17.3 Å². The lowest BCUT2D eigenvalue weighted by molar-refractivity contribution is -0.385. The van der Waals surface area contributed by atoms with Crippen LogP contribution >= 0.6 is 0 Å². The van der Waals surface area contributed by atoms with Crippen molar-refractivity contribution in [2.75, 3.05) is 5.32 Å². The highest BCUT2D eigenvalue weighted by molar-refractivity contribution is 6.01. The fourth-order valence-corrected chi connectivity index (χ4v) is 3.15. The summed E-state index contributed by atoms with van der Waals surface area (Å²) in [6, 6.07) is 14.6. The number of amides is 1. The van der Waals surface area contributed by atoms with E-state index in [4.69, 9.17) is 4.42 Å². The maximum atomic E-state index is 13.1. The van der Waals surface area contributed by atoms with Crippen molar-refractivity contribution in [3.05, 3.63) is 87.9 Å². The first kappa shape index (κ1) is 16.6. The van der Waals surface area contributed by atoms with Crippen LogP contribution in [-0.4, -0.2) is 20.8 Å². The summed E-state index contributed by atoms with van der Waals surface area (Å²) in [5, 5.41) is 24.2. The summed E-state index contributed by atoms with van der Waals surface area (Å²) in [7, 11) is 0. The third-order valence-electron chi connectivity index (χ3n) is 4.44. The fourth-order valence-electron chi connectivity index (χ4n) is 3.15. The minimum atomic E-state index is -0.658. The highest BCUT2D eigenvalue weighted by Gasteiger charge is 2.34. The van der Waals surface area contributed by atoms with E-state index in [9.17, 15) is 20.0 Å². The van der Waals surface area contributed by atoms with E-state index in [0.717, 1.165) is 0 Å². The van der Waals surface area contributed by atoms with Crippen LogP contribution in [0.15, 0.2) is 65.3 Å². The van der Waals surface area contributed by atoms with Crippen LogP contribution in [0.4, 0.5) is 11.4 Å². The number of nitro benzene ring substituents is 1. The SMILES string of the molecule is O=C1c2ccccc2N[C@@H](c2ccc(O)c([N+](=O)[O-])c2)N1Cc1ccco1. The van der Waals surface area contributed by atoms with E-state index in [-0.39, 0.29) is 12.5 Å². The van der Waals surface area contributed by atoms with Crippen molar-refractivity contribution in [1.29, 1.82) is 0 Å². The summed E-state index contributed by atoms with van der Waals surface area (Å²) in [5.74, 6) is -0.0619. The van der Waals surface area contributed by atoms with Crippen molar-refractivity contribution in [2.24, 2.45) is 0 Å². The van der Waals surface area contributed by atoms with Gasteiger partial charge in [-0.1, -0.05) is 18.2 Å². The number of benzene rings is 2. The Hall–Kier alpha value is -3.81. The van der Waals surface area contributed by atoms with E-state index < -0.39 is 22.5 Å². The third kappa shape index (κ3) is 2.97. The van der Waals surface area contributed by atoms with Crippen molar-refractivity contribution < 1.29 is 19.2 Å². The highest BCUT2D eigenvalue weighted by Crippen LogP contribution is 2.37. The number of nitro groups is 1. The van der Waals surface area contributed by atoms with Crippen LogP contribution in [0, 0.1) is 10.1 Å². The predicted molar refractivity (Wildman–Crippen MR) is 96.1 cm³/mol. The zero-order valence-electron chi connectivity index (χ0n) is 14.0. The number of carbonyl (C=O) groups excluding carboxylic acids is 1. The van der Waals surface area contributed by atoms with E-state index in [1.807, 2.05) is 0 Å². The van der Waals surface area contributed by atoms with Gasteiger partial charge in [-0.2, -0.15) is 0 Å². The molecule has 3 aromatic rings. The van der Waals surface area contributed by atoms with E-state index in [0.29, 0.717) is 22.6 Å². The Bertz CT molecular complexity index is 1020. The summed E-state index contributed by atoms with van der Waals surface area (Å²) in [6.07, 6.45) is 0.864. The molecule has 4 rings (SSSR count). The first-order chi connectivity index (χ1) is 13.0. The molecule has 0 bridgehead atoms. The molecule has 8 heteroatoms. The van der Waals surface area contributed by atoms with E-state index in [1.54, 1.807) is 42.5 Å². The van der Waals surface area contributed by atoms with Crippen molar-refractivity contribution in [3.63, 3.8) is 0 Å². The number of para-hydroxylation sites is 1. The molecule has 0 saturated carbocycles. The quantitative estimate of drug-likeness (QED) is 0.539. The Morgan fingerprint density at radius 2 is 2.00 bits per heavy atom. The standard InChI is InChI=1S/C19H15N3O5/c23-17-8-7-12(10-16(17)22(25)26)18-20-15-6-2-1-5-14(15)19(24)21(18)11-13-4-3-9-27-13/h1-10,18,20,23H,11H2/t18-/m1/s1. The van der Waals surface area contributed by atoms with Crippen molar-refractivity contribution >= 4 is 17.3 Å². The maximum Gasteiger partial charge on any atom is 0.311 e. The molecule has 1 aliphatic rings. The molecule has 8 nitrogen and oxygen atoms in total. The number of hydrogen-bond acceptors (Lipinski definition) is 6. The van der Waals surface area contributed by atoms with Gasteiger partial charge in [0.25, 0.3) is 5.91 Å². The average Bonchev–Trinajstić information content (AvgIpc) is 3.17. The van der Waals surface area contributed by atoms with Gasteiger partial charge in [0.1, 0.15) is 11.9 Å². The van der Waals surface area contributed by atoms with Gasteiger partial charge < -0.3 is 19.7 Å². The zero-order valence-corrected chi connectivity index (χ0v) is 14.0. The topological polar surface area (TPSA) is 109 Å². The van der Waals surface area contributed by atoms with Gasteiger partial charge in [0.05, 0.1) is 23.3 Å². The Labute approximate surface area is 153 Å². The molecule has 1 atom stereocenters. The molecule has 1 aromatic heterocycles. The number of phenolic OH excluding ortho intramolecular Hbond substituents is 1. The van der Waals surface area contributed by atoms with Gasteiger partial charge in [-0.05, 0) is 30.3 Å². The van der Waals surface area contributed by atoms with Crippen LogP contribution < -0.4 is 5.32 Å². The summed E-state index contributed by atoms with van der Waals surface area (Å²) in [5.41, 5.74) is 1.21. The molecule has 2 heterocycles. The monoisotopic (exact) mass is 365 g/mol. The van der Waals surface area contributed by atoms with E-state index in [1.165, 1.54) is 23.3 Å². The number of phenols is 1. The fraction of sp³-hybridized carbons (Fsp3) is 0.105. The van der Waals surface area contributed by atoms with Gasteiger partial charge in [-0.15, -0.1) is 0 Å².